The molecule has 0 aliphatic heterocycles. The van der Waals surface area contributed by atoms with Crippen molar-refractivity contribution >= 4 is 27.8 Å². The summed E-state index contributed by atoms with van der Waals surface area (Å²) in [5.41, 5.74) is 1.14. The first kappa shape index (κ1) is 20.0. The lowest BCUT2D eigenvalue weighted by molar-refractivity contribution is -0.118. The number of nitrogens with one attached hydrogen (secondary N) is 3. The second-order valence-electron chi connectivity index (χ2n) is 5.81. The van der Waals surface area contributed by atoms with Gasteiger partial charge in [-0.2, -0.15) is 0 Å². The number of hydrogen-bond acceptors (Lipinski definition) is 3. The third kappa shape index (κ3) is 8.20. The topological polar surface area (TPSA) is 78.7 Å². The van der Waals surface area contributed by atoms with Gasteiger partial charge < -0.3 is 20.4 Å². The van der Waals surface area contributed by atoms with Crippen molar-refractivity contribution < 1.29 is 9.21 Å². The number of nitrogens with zero attached hydrogens (tertiary/aromatic N) is 1. The Balaban J connectivity index is 1.83. The first-order valence-electron chi connectivity index (χ1n) is 8.67. The van der Waals surface area contributed by atoms with Crippen molar-refractivity contribution in [1.82, 2.24) is 16.0 Å². The predicted molar refractivity (Wildman–Crippen MR) is 107 cm³/mol. The lowest BCUT2D eigenvalue weighted by atomic mass is 10.2. The van der Waals surface area contributed by atoms with Gasteiger partial charge >= 0.3 is 0 Å². The van der Waals surface area contributed by atoms with Gasteiger partial charge in [0.1, 0.15) is 5.76 Å². The number of amides is 1. The highest BCUT2D eigenvalue weighted by Crippen LogP contribution is 2.11. The molecule has 6 nitrogen and oxygen atoms in total. The van der Waals surface area contributed by atoms with E-state index in [-0.39, 0.29) is 5.91 Å². The highest BCUT2D eigenvalue weighted by molar-refractivity contribution is 9.10. The number of carbonyl (C=O) groups excluding carboxylic acids is 1. The van der Waals surface area contributed by atoms with E-state index < -0.39 is 0 Å². The van der Waals surface area contributed by atoms with Crippen molar-refractivity contribution in [2.24, 2.45) is 4.99 Å². The summed E-state index contributed by atoms with van der Waals surface area (Å²) in [6.07, 6.45) is 3.30. The van der Waals surface area contributed by atoms with Crippen LogP contribution in [0.15, 0.2) is 56.5 Å². The van der Waals surface area contributed by atoms with Gasteiger partial charge in [0.25, 0.3) is 0 Å². The lowest BCUT2D eigenvalue weighted by Crippen LogP contribution is -2.39. The third-order valence-electron chi connectivity index (χ3n) is 3.60. The molecule has 26 heavy (non-hydrogen) atoms. The van der Waals surface area contributed by atoms with E-state index in [0.717, 1.165) is 47.7 Å². The van der Waals surface area contributed by atoms with Gasteiger partial charge in [-0.1, -0.05) is 28.1 Å². The van der Waals surface area contributed by atoms with E-state index in [0.29, 0.717) is 13.1 Å². The van der Waals surface area contributed by atoms with Gasteiger partial charge in [-0.15, -0.1) is 0 Å². The number of hydrogen-bond donors (Lipinski definition) is 3. The maximum absolute atomic E-state index is 10.9. The number of guanidine groups is 1. The summed E-state index contributed by atoms with van der Waals surface area (Å²) < 4.78 is 6.40. The number of rotatable bonds is 9. The third-order valence-corrected chi connectivity index (χ3v) is 4.13. The SMILES string of the molecule is CC(=O)NCCCNC(=NCc1ccc(Br)cc1)NCCc1ccco1. The van der Waals surface area contributed by atoms with E-state index >= 15 is 0 Å². The molecule has 2 rings (SSSR count). The van der Waals surface area contributed by atoms with E-state index in [9.17, 15) is 4.79 Å². The average Bonchev–Trinajstić information content (AvgIpc) is 3.13. The number of furan rings is 1. The normalized spacial score (nSPS) is 11.2. The van der Waals surface area contributed by atoms with Crippen molar-refractivity contribution in [1.29, 1.82) is 0 Å². The Labute approximate surface area is 162 Å². The van der Waals surface area contributed by atoms with Crippen LogP contribution in [0.5, 0.6) is 0 Å². The largest absolute Gasteiger partial charge is 0.469 e. The molecule has 0 bridgehead atoms. The van der Waals surface area contributed by atoms with Crippen LogP contribution in [0.2, 0.25) is 0 Å². The Morgan fingerprint density at radius 3 is 2.50 bits per heavy atom. The standard InChI is InChI=1S/C19H25BrN4O2/c1-15(25)21-10-3-11-22-19(23-12-9-18-4-2-13-26-18)24-14-16-5-7-17(20)8-6-16/h2,4-8,13H,3,9-12,14H2,1H3,(H,21,25)(H2,22,23,24). The van der Waals surface area contributed by atoms with E-state index in [4.69, 9.17) is 4.42 Å². The van der Waals surface area contributed by atoms with E-state index in [1.807, 2.05) is 36.4 Å². The molecule has 140 valence electrons. The lowest BCUT2D eigenvalue weighted by Gasteiger charge is -2.12. The van der Waals surface area contributed by atoms with Crippen LogP contribution in [-0.4, -0.2) is 31.5 Å². The van der Waals surface area contributed by atoms with Crippen molar-refractivity contribution in [3.63, 3.8) is 0 Å². The Hall–Kier alpha value is -2.28. The molecule has 1 heterocycles. The molecule has 0 spiro atoms. The fourth-order valence-corrected chi connectivity index (χ4v) is 2.52. The number of carbonyl (C=O) groups is 1. The van der Waals surface area contributed by atoms with Crippen LogP contribution in [0.25, 0.3) is 0 Å². The Morgan fingerprint density at radius 1 is 1.08 bits per heavy atom. The molecule has 1 aromatic carbocycles. The van der Waals surface area contributed by atoms with Gasteiger partial charge in [0, 0.05) is 37.5 Å². The fourth-order valence-electron chi connectivity index (χ4n) is 2.25. The van der Waals surface area contributed by atoms with Crippen LogP contribution in [0.3, 0.4) is 0 Å². The minimum atomic E-state index is -0.00861. The van der Waals surface area contributed by atoms with Crippen LogP contribution in [-0.2, 0) is 17.8 Å². The van der Waals surface area contributed by atoms with Gasteiger partial charge in [0.05, 0.1) is 12.8 Å². The van der Waals surface area contributed by atoms with Crippen LogP contribution < -0.4 is 16.0 Å². The van der Waals surface area contributed by atoms with E-state index in [1.165, 1.54) is 6.92 Å². The molecule has 3 N–H and O–H groups in total. The second-order valence-corrected chi connectivity index (χ2v) is 6.73. The molecular weight excluding hydrogens is 396 g/mol. The fraction of sp³-hybridized carbons (Fsp3) is 0.368. The molecule has 0 atom stereocenters. The summed E-state index contributed by atoms with van der Waals surface area (Å²) in [5.74, 6) is 1.68. The average molecular weight is 421 g/mol. The first-order valence-corrected chi connectivity index (χ1v) is 9.46. The molecule has 0 saturated carbocycles. The summed E-state index contributed by atoms with van der Waals surface area (Å²) in [6, 6.07) is 12.0. The quantitative estimate of drug-likeness (QED) is 0.331. The molecule has 0 radical (unpaired) electrons. The molecule has 2 aromatic rings. The summed E-state index contributed by atoms with van der Waals surface area (Å²) >= 11 is 3.44. The van der Waals surface area contributed by atoms with Crippen LogP contribution in [0, 0.1) is 0 Å². The molecule has 0 aliphatic carbocycles. The highest BCUT2D eigenvalue weighted by Gasteiger charge is 2.01. The van der Waals surface area contributed by atoms with E-state index in [2.05, 4.69) is 36.9 Å². The Morgan fingerprint density at radius 2 is 1.81 bits per heavy atom. The minimum Gasteiger partial charge on any atom is -0.469 e. The summed E-state index contributed by atoms with van der Waals surface area (Å²) in [4.78, 5) is 15.5. The smallest absolute Gasteiger partial charge is 0.216 e. The maximum Gasteiger partial charge on any atom is 0.216 e. The zero-order valence-corrected chi connectivity index (χ0v) is 16.5. The van der Waals surface area contributed by atoms with Crippen LogP contribution in [0.1, 0.15) is 24.7 Å². The Bertz CT molecular complexity index is 684. The molecule has 0 fully saturated rings. The zero-order chi connectivity index (χ0) is 18.6. The van der Waals surface area contributed by atoms with Gasteiger partial charge in [-0.25, -0.2) is 4.99 Å². The van der Waals surface area contributed by atoms with Crippen molar-refractivity contribution in [3.8, 4) is 0 Å². The molecule has 0 aliphatic rings. The second kappa shape index (κ2) is 11.4. The first-order chi connectivity index (χ1) is 12.6. The summed E-state index contributed by atoms with van der Waals surface area (Å²) in [5, 5.41) is 9.41. The van der Waals surface area contributed by atoms with Crippen molar-refractivity contribution in [2.75, 3.05) is 19.6 Å². The van der Waals surface area contributed by atoms with Crippen LogP contribution in [0.4, 0.5) is 0 Å². The number of aliphatic imine (C=N–C) groups is 1. The summed E-state index contributed by atoms with van der Waals surface area (Å²) in [7, 11) is 0. The van der Waals surface area contributed by atoms with Gasteiger partial charge in [0.15, 0.2) is 5.96 Å². The molecule has 7 heteroatoms. The maximum atomic E-state index is 10.9. The molecular formula is C19H25BrN4O2. The van der Waals surface area contributed by atoms with Crippen molar-refractivity contribution in [3.05, 3.63) is 58.5 Å². The minimum absolute atomic E-state index is 0.00861. The number of halogens is 1. The zero-order valence-electron chi connectivity index (χ0n) is 14.9. The number of benzene rings is 1. The monoisotopic (exact) mass is 420 g/mol. The molecule has 0 saturated heterocycles. The van der Waals surface area contributed by atoms with E-state index in [1.54, 1.807) is 6.26 Å². The summed E-state index contributed by atoms with van der Waals surface area (Å²) in [6.45, 7) is 4.22. The van der Waals surface area contributed by atoms with Gasteiger partial charge in [-0.05, 0) is 36.2 Å². The highest BCUT2D eigenvalue weighted by atomic mass is 79.9. The molecule has 0 unspecified atom stereocenters. The van der Waals surface area contributed by atoms with Crippen molar-refractivity contribution in [2.45, 2.75) is 26.3 Å². The molecule has 1 amide bonds. The predicted octanol–water partition coefficient (Wildman–Crippen LogP) is 2.85. The van der Waals surface area contributed by atoms with Crippen LogP contribution >= 0.6 is 15.9 Å². The van der Waals surface area contributed by atoms with Gasteiger partial charge in [-0.3, -0.25) is 4.79 Å². The Kier molecular flexibility index (Phi) is 8.75. The van der Waals surface area contributed by atoms with Gasteiger partial charge in [0.2, 0.25) is 5.91 Å². The molecule has 1 aromatic heterocycles.